The van der Waals surface area contributed by atoms with Gasteiger partial charge in [0.05, 0.1) is 19.2 Å². The maximum atomic E-state index is 11.4. The van der Waals surface area contributed by atoms with E-state index in [4.69, 9.17) is 10.00 Å². The second kappa shape index (κ2) is 7.76. The summed E-state index contributed by atoms with van der Waals surface area (Å²) < 4.78 is 9.47. The zero-order valence-corrected chi connectivity index (χ0v) is 10.8. The van der Waals surface area contributed by atoms with Crippen molar-refractivity contribution in [2.24, 2.45) is 0 Å². The molecule has 7 nitrogen and oxygen atoms in total. The van der Waals surface area contributed by atoms with Gasteiger partial charge in [0.1, 0.15) is 11.8 Å². The third-order valence-corrected chi connectivity index (χ3v) is 2.33. The van der Waals surface area contributed by atoms with E-state index in [-0.39, 0.29) is 13.2 Å². The van der Waals surface area contributed by atoms with Crippen LogP contribution in [0.5, 0.6) is 5.75 Å². The third-order valence-electron chi connectivity index (χ3n) is 2.33. The molecule has 1 rings (SSSR count). The zero-order chi connectivity index (χ0) is 15.0. The Labute approximate surface area is 115 Å². The number of ether oxygens (including phenoxy) is 2. The highest BCUT2D eigenvalue weighted by molar-refractivity contribution is 5.79. The average molecular weight is 278 g/mol. The molecule has 1 atom stereocenters. The standard InChI is InChI=1S/C13H14N2O5/c1-19-13(18)10(16)7-15-12(17)8-20-11-5-3-2-4-9(11)6-14/h2-5,10,16H,7-8H2,1H3,(H,15,17). The minimum absolute atomic E-state index is 0.269. The predicted octanol–water partition coefficient (Wildman–Crippen LogP) is -0.413. The molecular weight excluding hydrogens is 264 g/mol. The summed E-state index contributed by atoms with van der Waals surface area (Å²) in [7, 11) is 1.13. The molecule has 0 aliphatic carbocycles. The lowest BCUT2D eigenvalue weighted by Gasteiger charge is -2.11. The van der Waals surface area contributed by atoms with Gasteiger partial charge in [0.15, 0.2) is 12.7 Å². The number of amides is 1. The number of rotatable bonds is 6. The monoisotopic (exact) mass is 278 g/mol. The van der Waals surface area contributed by atoms with Crippen molar-refractivity contribution in [2.45, 2.75) is 6.10 Å². The number of nitriles is 1. The normalized spacial score (nSPS) is 11.1. The summed E-state index contributed by atoms with van der Waals surface area (Å²) >= 11 is 0. The van der Waals surface area contributed by atoms with Crippen LogP contribution in [0, 0.1) is 11.3 Å². The molecule has 0 saturated carbocycles. The Morgan fingerprint density at radius 1 is 1.45 bits per heavy atom. The smallest absolute Gasteiger partial charge is 0.336 e. The Morgan fingerprint density at radius 3 is 2.80 bits per heavy atom. The van der Waals surface area contributed by atoms with Gasteiger partial charge in [0, 0.05) is 0 Å². The molecule has 0 spiro atoms. The van der Waals surface area contributed by atoms with E-state index in [1.807, 2.05) is 6.07 Å². The van der Waals surface area contributed by atoms with Gasteiger partial charge in [-0.05, 0) is 12.1 Å². The summed E-state index contributed by atoms with van der Waals surface area (Å²) in [5.74, 6) is -1.07. The van der Waals surface area contributed by atoms with Crippen LogP contribution in [-0.4, -0.2) is 43.3 Å². The van der Waals surface area contributed by atoms with Gasteiger partial charge in [0.25, 0.3) is 5.91 Å². The quantitative estimate of drug-likeness (QED) is 0.684. The first-order chi connectivity index (χ1) is 9.58. The number of carbonyl (C=O) groups is 2. The number of aliphatic hydroxyl groups excluding tert-OH is 1. The van der Waals surface area contributed by atoms with Crippen molar-refractivity contribution >= 4 is 11.9 Å². The minimum Gasteiger partial charge on any atom is -0.482 e. The molecule has 20 heavy (non-hydrogen) atoms. The van der Waals surface area contributed by atoms with Gasteiger partial charge in [-0.3, -0.25) is 4.79 Å². The average Bonchev–Trinajstić information content (AvgIpc) is 2.49. The maximum Gasteiger partial charge on any atom is 0.336 e. The number of hydrogen-bond acceptors (Lipinski definition) is 6. The SMILES string of the molecule is COC(=O)C(O)CNC(=O)COc1ccccc1C#N. The molecule has 1 aromatic rings. The van der Waals surface area contributed by atoms with E-state index in [9.17, 15) is 14.7 Å². The lowest BCUT2D eigenvalue weighted by Crippen LogP contribution is -2.39. The first-order valence-corrected chi connectivity index (χ1v) is 5.73. The number of carbonyl (C=O) groups excluding carboxylic acids is 2. The molecule has 0 heterocycles. The van der Waals surface area contributed by atoms with E-state index in [0.29, 0.717) is 11.3 Å². The number of nitrogens with one attached hydrogen (secondary N) is 1. The Bertz CT molecular complexity index is 524. The second-order valence-corrected chi connectivity index (χ2v) is 3.74. The molecule has 0 radical (unpaired) electrons. The van der Waals surface area contributed by atoms with Crippen molar-refractivity contribution in [3.8, 4) is 11.8 Å². The minimum atomic E-state index is -1.42. The van der Waals surface area contributed by atoms with Crippen LogP contribution in [-0.2, 0) is 14.3 Å². The molecule has 1 aromatic carbocycles. The van der Waals surface area contributed by atoms with Crippen LogP contribution >= 0.6 is 0 Å². The zero-order valence-electron chi connectivity index (χ0n) is 10.8. The Hall–Kier alpha value is -2.59. The predicted molar refractivity (Wildman–Crippen MR) is 67.7 cm³/mol. The van der Waals surface area contributed by atoms with E-state index in [1.54, 1.807) is 24.3 Å². The summed E-state index contributed by atoms with van der Waals surface area (Å²) in [6.07, 6.45) is -1.42. The van der Waals surface area contributed by atoms with Crippen molar-refractivity contribution in [1.29, 1.82) is 5.26 Å². The third kappa shape index (κ3) is 4.59. The summed E-state index contributed by atoms with van der Waals surface area (Å²) in [6.45, 7) is -0.596. The van der Waals surface area contributed by atoms with Crippen LogP contribution in [0.3, 0.4) is 0 Å². The van der Waals surface area contributed by atoms with Gasteiger partial charge in [0.2, 0.25) is 0 Å². The molecule has 1 unspecified atom stereocenters. The van der Waals surface area contributed by atoms with E-state index < -0.39 is 18.0 Å². The molecule has 2 N–H and O–H groups in total. The van der Waals surface area contributed by atoms with Crippen LogP contribution in [0.1, 0.15) is 5.56 Å². The number of esters is 1. The van der Waals surface area contributed by atoms with Crippen molar-refractivity contribution in [2.75, 3.05) is 20.3 Å². The molecule has 0 aromatic heterocycles. The van der Waals surface area contributed by atoms with Gasteiger partial charge >= 0.3 is 5.97 Å². The van der Waals surface area contributed by atoms with Gasteiger partial charge in [-0.25, -0.2) is 4.79 Å². The van der Waals surface area contributed by atoms with Crippen LogP contribution < -0.4 is 10.1 Å². The molecule has 0 bridgehead atoms. The fourth-order valence-corrected chi connectivity index (χ4v) is 1.31. The van der Waals surface area contributed by atoms with Crippen molar-refractivity contribution in [3.05, 3.63) is 29.8 Å². The molecule has 7 heteroatoms. The summed E-state index contributed by atoms with van der Waals surface area (Å²) in [5, 5.41) is 20.4. The Kier molecular flexibility index (Phi) is 6.00. The number of aliphatic hydroxyl groups is 1. The van der Waals surface area contributed by atoms with Gasteiger partial charge in [-0.2, -0.15) is 5.26 Å². The maximum absolute atomic E-state index is 11.4. The highest BCUT2D eigenvalue weighted by atomic mass is 16.5. The molecular formula is C13H14N2O5. The van der Waals surface area contributed by atoms with Crippen LogP contribution in [0.15, 0.2) is 24.3 Å². The first-order valence-electron chi connectivity index (χ1n) is 5.73. The van der Waals surface area contributed by atoms with E-state index >= 15 is 0 Å². The van der Waals surface area contributed by atoms with Gasteiger partial charge < -0.3 is 19.9 Å². The number of nitrogens with zero attached hydrogens (tertiary/aromatic N) is 1. The summed E-state index contributed by atoms with van der Waals surface area (Å²) in [6, 6.07) is 8.42. The Balaban J connectivity index is 2.41. The van der Waals surface area contributed by atoms with Crippen LogP contribution in [0.4, 0.5) is 0 Å². The highest BCUT2D eigenvalue weighted by Crippen LogP contribution is 2.15. The number of benzene rings is 1. The molecule has 1 amide bonds. The summed E-state index contributed by atoms with van der Waals surface area (Å²) in [5.41, 5.74) is 0.315. The second-order valence-electron chi connectivity index (χ2n) is 3.74. The molecule has 0 aliphatic heterocycles. The van der Waals surface area contributed by atoms with Crippen molar-refractivity contribution in [3.63, 3.8) is 0 Å². The lowest BCUT2D eigenvalue weighted by atomic mass is 10.2. The van der Waals surface area contributed by atoms with Gasteiger partial charge in [-0.15, -0.1) is 0 Å². The lowest BCUT2D eigenvalue weighted by molar-refractivity contribution is -0.150. The van der Waals surface area contributed by atoms with Crippen molar-refractivity contribution in [1.82, 2.24) is 5.32 Å². The van der Waals surface area contributed by atoms with Crippen molar-refractivity contribution < 1.29 is 24.2 Å². The van der Waals surface area contributed by atoms with E-state index in [1.165, 1.54) is 0 Å². The number of para-hydroxylation sites is 1. The summed E-state index contributed by atoms with van der Waals surface area (Å²) in [4.78, 5) is 22.3. The largest absolute Gasteiger partial charge is 0.482 e. The van der Waals surface area contributed by atoms with E-state index in [2.05, 4.69) is 10.1 Å². The molecule has 106 valence electrons. The Morgan fingerprint density at radius 2 is 2.15 bits per heavy atom. The fraction of sp³-hybridized carbons (Fsp3) is 0.308. The van der Waals surface area contributed by atoms with E-state index in [0.717, 1.165) is 7.11 Å². The van der Waals surface area contributed by atoms with Crippen LogP contribution in [0.2, 0.25) is 0 Å². The molecule has 0 fully saturated rings. The highest BCUT2D eigenvalue weighted by Gasteiger charge is 2.16. The van der Waals surface area contributed by atoms with Gasteiger partial charge in [-0.1, -0.05) is 12.1 Å². The number of hydrogen-bond donors (Lipinski definition) is 2. The molecule has 0 saturated heterocycles. The fourth-order valence-electron chi connectivity index (χ4n) is 1.31. The topological polar surface area (TPSA) is 109 Å². The first kappa shape index (κ1) is 15.5. The molecule has 0 aliphatic rings. The number of methoxy groups -OCH3 is 1. The van der Waals surface area contributed by atoms with Crippen LogP contribution in [0.25, 0.3) is 0 Å².